The van der Waals surface area contributed by atoms with E-state index in [9.17, 15) is 14.4 Å². The Morgan fingerprint density at radius 1 is 0.304 bits per heavy atom. The molecule has 0 aromatic heterocycles. The van der Waals surface area contributed by atoms with Crippen LogP contribution in [0, 0.1) is 0 Å². The number of ether oxygens (including phenoxy) is 3. The van der Waals surface area contributed by atoms with Crippen LogP contribution in [0.3, 0.4) is 0 Å². The van der Waals surface area contributed by atoms with E-state index in [2.05, 4.69) is 99.8 Å². The first kappa shape index (κ1) is 65.6. The van der Waals surface area contributed by atoms with Gasteiger partial charge in [0, 0.05) is 19.3 Å². The summed E-state index contributed by atoms with van der Waals surface area (Å²) in [6, 6.07) is 0. The Kier molecular flexibility index (Phi) is 54.3. The van der Waals surface area contributed by atoms with Crippen molar-refractivity contribution in [2.24, 2.45) is 0 Å². The number of hydrogen-bond donors (Lipinski definition) is 0. The van der Waals surface area contributed by atoms with Crippen molar-refractivity contribution in [3.05, 3.63) is 85.1 Å². The second kappa shape index (κ2) is 57.2. The van der Waals surface area contributed by atoms with Crippen molar-refractivity contribution in [1.29, 1.82) is 0 Å². The fraction of sp³-hybridized carbons (Fsp3) is 0.730. The molecule has 396 valence electrons. The summed E-state index contributed by atoms with van der Waals surface area (Å²) in [6.45, 7) is 6.48. The summed E-state index contributed by atoms with van der Waals surface area (Å²) in [6.07, 6.45) is 74.4. The monoisotopic (exact) mass is 961 g/mol. The first-order valence-corrected chi connectivity index (χ1v) is 29.1. The molecule has 0 rings (SSSR count). The zero-order chi connectivity index (χ0) is 50.0. The molecule has 0 aliphatic carbocycles. The highest BCUT2D eigenvalue weighted by Gasteiger charge is 2.19. The van der Waals surface area contributed by atoms with Crippen molar-refractivity contribution >= 4 is 17.9 Å². The molecule has 0 aromatic carbocycles. The fourth-order valence-corrected chi connectivity index (χ4v) is 8.05. The molecule has 0 N–H and O–H groups in total. The predicted octanol–water partition coefficient (Wildman–Crippen LogP) is 19.5. The van der Waals surface area contributed by atoms with E-state index < -0.39 is 6.10 Å². The number of unbranched alkanes of at least 4 members (excludes halogenated alkanes) is 27. The number of esters is 3. The Morgan fingerprint density at radius 3 is 0.971 bits per heavy atom. The SMILES string of the molecule is CC/C=C\C/C=C\C/C=C\C/C=C\C/C=C\C/C=C\CCC(=O)OCC(COC(=O)CCCCCCCCCCCCCCCC)OC(=O)CCCCCCCCC/C=C\CCCCCCCCC. The van der Waals surface area contributed by atoms with Crippen LogP contribution in [0.5, 0.6) is 0 Å². The van der Waals surface area contributed by atoms with Gasteiger partial charge in [-0.1, -0.05) is 260 Å². The molecule has 0 spiro atoms. The minimum absolute atomic E-state index is 0.0993. The van der Waals surface area contributed by atoms with Gasteiger partial charge in [0.25, 0.3) is 0 Å². The lowest BCUT2D eigenvalue weighted by Crippen LogP contribution is -2.30. The third-order valence-electron chi connectivity index (χ3n) is 12.4. The molecule has 0 saturated carbocycles. The van der Waals surface area contributed by atoms with Gasteiger partial charge in [-0.2, -0.15) is 0 Å². The van der Waals surface area contributed by atoms with E-state index in [1.54, 1.807) is 0 Å². The molecule has 0 amide bonds. The molecule has 1 unspecified atom stereocenters. The highest BCUT2D eigenvalue weighted by atomic mass is 16.6. The minimum Gasteiger partial charge on any atom is -0.462 e. The maximum absolute atomic E-state index is 12.9. The summed E-state index contributed by atoms with van der Waals surface area (Å²) in [4.78, 5) is 38.1. The second-order valence-corrected chi connectivity index (χ2v) is 19.2. The van der Waals surface area contributed by atoms with Gasteiger partial charge in [0.1, 0.15) is 13.2 Å². The summed E-state index contributed by atoms with van der Waals surface area (Å²) in [5.41, 5.74) is 0. The molecular formula is C63H108O6. The zero-order valence-electron chi connectivity index (χ0n) is 45.3. The first-order chi connectivity index (χ1) is 34.0. The van der Waals surface area contributed by atoms with Crippen molar-refractivity contribution in [3.8, 4) is 0 Å². The third-order valence-corrected chi connectivity index (χ3v) is 12.4. The van der Waals surface area contributed by atoms with Crippen LogP contribution in [0.15, 0.2) is 85.1 Å². The van der Waals surface area contributed by atoms with Gasteiger partial charge < -0.3 is 14.2 Å². The van der Waals surface area contributed by atoms with Gasteiger partial charge in [0.15, 0.2) is 6.10 Å². The van der Waals surface area contributed by atoms with Crippen LogP contribution < -0.4 is 0 Å². The zero-order valence-corrected chi connectivity index (χ0v) is 45.3. The highest BCUT2D eigenvalue weighted by Crippen LogP contribution is 2.15. The molecule has 0 bridgehead atoms. The van der Waals surface area contributed by atoms with E-state index in [4.69, 9.17) is 14.2 Å². The molecule has 1 atom stereocenters. The summed E-state index contributed by atoms with van der Waals surface area (Å²) in [5.74, 6) is -0.984. The van der Waals surface area contributed by atoms with Crippen molar-refractivity contribution in [2.75, 3.05) is 13.2 Å². The average Bonchev–Trinajstić information content (AvgIpc) is 3.35. The van der Waals surface area contributed by atoms with Crippen LogP contribution in [-0.2, 0) is 28.6 Å². The second-order valence-electron chi connectivity index (χ2n) is 19.2. The standard InChI is InChI=1S/C63H108O6/c1-4-7-10-13-16-19-22-25-28-30-32-34-35-38-41-44-47-50-53-56-62(65)68-59-60(58-67-61(64)55-52-49-46-43-40-37-27-24-21-18-15-12-9-6-3)69-63(66)57-54-51-48-45-42-39-36-33-31-29-26-23-20-17-14-11-8-5-2/h7,10,16,19,25,28-29,31-32,34,38,41,47,50,60H,4-6,8-9,11-15,17-18,20-24,26-27,30,33,35-37,39-40,42-46,48-49,51-59H2,1-3H3/b10-7-,19-16-,28-25-,31-29-,34-32-,41-38-,50-47-. The topological polar surface area (TPSA) is 78.9 Å². The number of carbonyl (C=O) groups excluding carboxylic acids is 3. The van der Waals surface area contributed by atoms with Crippen LogP contribution in [0.4, 0.5) is 0 Å². The van der Waals surface area contributed by atoms with Crippen molar-refractivity contribution < 1.29 is 28.6 Å². The van der Waals surface area contributed by atoms with Crippen LogP contribution in [0.1, 0.15) is 278 Å². The van der Waals surface area contributed by atoms with E-state index in [0.717, 1.165) is 77.0 Å². The molecule has 0 aliphatic heterocycles. The van der Waals surface area contributed by atoms with Crippen molar-refractivity contribution in [3.63, 3.8) is 0 Å². The Hall–Kier alpha value is -3.41. The first-order valence-electron chi connectivity index (χ1n) is 29.1. The van der Waals surface area contributed by atoms with E-state index in [1.807, 2.05) is 6.08 Å². The average molecular weight is 962 g/mol. The van der Waals surface area contributed by atoms with E-state index in [0.29, 0.717) is 19.3 Å². The van der Waals surface area contributed by atoms with Gasteiger partial charge in [-0.15, -0.1) is 0 Å². The molecule has 0 saturated heterocycles. The maximum Gasteiger partial charge on any atom is 0.306 e. The minimum atomic E-state index is -0.808. The predicted molar refractivity (Wildman–Crippen MR) is 297 cm³/mol. The van der Waals surface area contributed by atoms with E-state index >= 15 is 0 Å². The molecule has 6 nitrogen and oxygen atoms in total. The van der Waals surface area contributed by atoms with Gasteiger partial charge in [-0.3, -0.25) is 14.4 Å². The Labute approximate surface area is 426 Å². The van der Waals surface area contributed by atoms with Gasteiger partial charge in [-0.05, 0) is 83.5 Å². The van der Waals surface area contributed by atoms with Crippen LogP contribution in [0.2, 0.25) is 0 Å². The number of rotatable bonds is 52. The van der Waals surface area contributed by atoms with Gasteiger partial charge >= 0.3 is 17.9 Å². The molecule has 6 heteroatoms. The van der Waals surface area contributed by atoms with E-state index in [1.165, 1.54) is 154 Å². The van der Waals surface area contributed by atoms with E-state index in [-0.39, 0.29) is 37.5 Å². The quantitative estimate of drug-likeness (QED) is 0.0262. The lowest BCUT2D eigenvalue weighted by Gasteiger charge is -2.18. The molecule has 0 heterocycles. The molecular weight excluding hydrogens is 853 g/mol. The molecule has 0 aliphatic rings. The molecule has 0 radical (unpaired) electrons. The lowest BCUT2D eigenvalue weighted by molar-refractivity contribution is -0.166. The highest BCUT2D eigenvalue weighted by molar-refractivity contribution is 5.71. The van der Waals surface area contributed by atoms with Gasteiger partial charge in [-0.25, -0.2) is 0 Å². The largest absolute Gasteiger partial charge is 0.462 e. The summed E-state index contributed by atoms with van der Waals surface area (Å²) in [5, 5.41) is 0. The smallest absolute Gasteiger partial charge is 0.306 e. The summed E-state index contributed by atoms with van der Waals surface area (Å²) < 4.78 is 16.8. The molecule has 0 fully saturated rings. The van der Waals surface area contributed by atoms with Crippen LogP contribution >= 0.6 is 0 Å². The summed E-state index contributed by atoms with van der Waals surface area (Å²) in [7, 11) is 0. The summed E-state index contributed by atoms with van der Waals surface area (Å²) >= 11 is 0. The Balaban J connectivity index is 4.48. The maximum atomic E-state index is 12.9. The van der Waals surface area contributed by atoms with Crippen LogP contribution in [-0.4, -0.2) is 37.2 Å². The van der Waals surface area contributed by atoms with Gasteiger partial charge in [0.2, 0.25) is 0 Å². The molecule has 0 aromatic rings. The number of carbonyl (C=O) groups is 3. The van der Waals surface area contributed by atoms with Crippen molar-refractivity contribution in [2.45, 2.75) is 284 Å². The molecule has 69 heavy (non-hydrogen) atoms. The fourth-order valence-electron chi connectivity index (χ4n) is 8.05. The van der Waals surface area contributed by atoms with Crippen molar-refractivity contribution in [1.82, 2.24) is 0 Å². The van der Waals surface area contributed by atoms with Crippen LogP contribution in [0.25, 0.3) is 0 Å². The normalized spacial score (nSPS) is 12.7. The number of hydrogen-bond acceptors (Lipinski definition) is 6. The third kappa shape index (κ3) is 55.4. The lowest BCUT2D eigenvalue weighted by atomic mass is 10.0. The van der Waals surface area contributed by atoms with Gasteiger partial charge in [0.05, 0.1) is 0 Å². The Bertz CT molecular complexity index is 1330. The number of allylic oxidation sites excluding steroid dienone is 14. The Morgan fingerprint density at radius 2 is 0.594 bits per heavy atom.